The Bertz CT molecular complexity index is 37.3. The Labute approximate surface area is 49.3 Å². The van der Waals surface area contributed by atoms with E-state index in [-0.39, 0.29) is 4.87 Å². The molecule has 0 aliphatic rings. The fourth-order valence-corrected chi connectivity index (χ4v) is 0. The first-order valence-corrected chi connectivity index (χ1v) is 2.87. The van der Waals surface area contributed by atoms with E-state index in [9.17, 15) is 0 Å². The second-order valence-corrected chi connectivity index (χ2v) is 3.22. The smallest absolute Gasteiger partial charge is 0.0478 e. The number of hydrogen-bond acceptors (Lipinski definition) is 1. The molecule has 0 amide bonds. The molecule has 0 bridgehead atoms. The van der Waals surface area contributed by atoms with Gasteiger partial charge in [0, 0.05) is 10.6 Å². The van der Waals surface area contributed by atoms with Crippen LogP contribution in [0.5, 0.6) is 0 Å². The van der Waals surface area contributed by atoms with Crippen molar-refractivity contribution in [2.45, 2.75) is 18.7 Å². The van der Waals surface area contributed by atoms with Gasteiger partial charge in [-0.25, -0.2) is 0 Å². The van der Waals surface area contributed by atoms with Crippen LogP contribution in [-0.2, 0) is 0 Å². The molecular weight excluding hydrogens is 116 g/mol. The van der Waals surface area contributed by atoms with Gasteiger partial charge in [-0.05, 0) is 13.8 Å². The summed E-state index contributed by atoms with van der Waals surface area (Å²) in [5.41, 5.74) is 0. The van der Waals surface area contributed by atoms with Crippen LogP contribution in [-0.4, -0.2) is 10.6 Å². The van der Waals surface area contributed by atoms with Gasteiger partial charge in [0.25, 0.3) is 0 Å². The normalized spacial score (nSPS) is 12.0. The van der Waals surface area contributed by atoms with Gasteiger partial charge in [-0.15, -0.1) is 11.6 Å². The maximum absolute atomic E-state index is 5.64. The molecule has 0 fully saturated rings. The predicted octanol–water partition coefficient (Wildman–Crippen LogP) is 1.93. The lowest BCUT2D eigenvalue weighted by atomic mass is 10.3. The second kappa shape index (κ2) is 2.08. The highest BCUT2D eigenvalue weighted by atomic mass is 35.5. The summed E-state index contributed by atoms with van der Waals surface area (Å²) in [6, 6.07) is 0. The molecular formula is C4H9ClS. The molecule has 6 heavy (non-hydrogen) atoms. The first-order valence-electron chi connectivity index (χ1n) is 1.86. The van der Waals surface area contributed by atoms with Gasteiger partial charge in [-0.2, -0.15) is 12.6 Å². The Morgan fingerprint density at radius 3 is 1.83 bits per heavy atom. The molecule has 0 saturated carbocycles. The lowest BCUT2D eigenvalue weighted by Gasteiger charge is -2.08. The van der Waals surface area contributed by atoms with Crippen molar-refractivity contribution in [1.29, 1.82) is 0 Å². The summed E-state index contributed by atoms with van der Waals surface area (Å²) in [5, 5.41) is 0. The van der Waals surface area contributed by atoms with Crippen LogP contribution >= 0.6 is 24.2 Å². The largest absolute Gasteiger partial charge is 0.178 e. The fraction of sp³-hybridized carbons (Fsp3) is 1.00. The highest BCUT2D eigenvalue weighted by Crippen LogP contribution is 2.12. The van der Waals surface area contributed by atoms with E-state index in [0.29, 0.717) is 0 Å². The molecule has 0 atom stereocenters. The van der Waals surface area contributed by atoms with Crippen molar-refractivity contribution in [3.05, 3.63) is 0 Å². The van der Waals surface area contributed by atoms with Crippen molar-refractivity contribution in [1.82, 2.24) is 0 Å². The van der Waals surface area contributed by atoms with E-state index in [0.717, 1.165) is 5.75 Å². The van der Waals surface area contributed by atoms with Crippen molar-refractivity contribution in [3.8, 4) is 0 Å². The maximum Gasteiger partial charge on any atom is 0.0478 e. The van der Waals surface area contributed by atoms with Crippen LogP contribution < -0.4 is 0 Å². The summed E-state index contributed by atoms with van der Waals surface area (Å²) >= 11 is 9.61. The highest BCUT2D eigenvalue weighted by Gasteiger charge is 2.07. The van der Waals surface area contributed by atoms with Gasteiger partial charge in [-0.1, -0.05) is 0 Å². The van der Waals surface area contributed by atoms with Crippen LogP contribution in [0.15, 0.2) is 0 Å². The monoisotopic (exact) mass is 124 g/mol. The molecule has 0 aromatic heterocycles. The van der Waals surface area contributed by atoms with Gasteiger partial charge in [-0.3, -0.25) is 0 Å². The molecule has 0 radical (unpaired) electrons. The standard InChI is InChI=1S/C4H9ClS/c1-4(2,5)3-6/h6H,3H2,1-2H3. The number of alkyl halides is 1. The van der Waals surface area contributed by atoms with Gasteiger partial charge < -0.3 is 0 Å². The lowest BCUT2D eigenvalue weighted by Crippen LogP contribution is -2.10. The Hall–Kier alpha value is 0.640. The average molecular weight is 125 g/mol. The van der Waals surface area contributed by atoms with Crippen molar-refractivity contribution in [3.63, 3.8) is 0 Å². The van der Waals surface area contributed by atoms with Gasteiger partial charge >= 0.3 is 0 Å². The summed E-state index contributed by atoms with van der Waals surface area (Å²) in [7, 11) is 0. The third-order valence-electron chi connectivity index (χ3n) is 0.376. The van der Waals surface area contributed by atoms with Crippen molar-refractivity contribution < 1.29 is 0 Å². The first kappa shape index (κ1) is 6.64. The number of halogens is 1. The minimum absolute atomic E-state index is 0.122. The van der Waals surface area contributed by atoms with Crippen LogP contribution in [0.2, 0.25) is 0 Å². The highest BCUT2D eigenvalue weighted by molar-refractivity contribution is 7.80. The van der Waals surface area contributed by atoms with Crippen LogP contribution in [0, 0.1) is 0 Å². The summed E-state index contributed by atoms with van der Waals surface area (Å²) in [4.78, 5) is -0.122. The third kappa shape index (κ3) is 4.64. The zero-order valence-corrected chi connectivity index (χ0v) is 5.68. The molecule has 0 aromatic carbocycles. The van der Waals surface area contributed by atoms with Crippen molar-refractivity contribution in [2.24, 2.45) is 0 Å². The average Bonchev–Trinajstić information content (AvgIpc) is 1.35. The van der Waals surface area contributed by atoms with E-state index in [4.69, 9.17) is 11.6 Å². The second-order valence-electron chi connectivity index (χ2n) is 1.88. The van der Waals surface area contributed by atoms with E-state index in [2.05, 4.69) is 12.6 Å². The van der Waals surface area contributed by atoms with Gasteiger partial charge in [0.15, 0.2) is 0 Å². The van der Waals surface area contributed by atoms with Gasteiger partial charge in [0.1, 0.15) is 0 Å². The summed E-state index contributed by atoms with van der Waals surface area (Å²) in [6.07, 6.45) is 0. The van der Waals surface area contributed by atoms with E-state index in [1.807, 2.05) is 13.8 Å². The first-order chi connectivity index (χ1) is 2.56. The summed E-state index contributed by atoms with van der Waals surface area (Å²) in [5.74, 6) is 0.731. The third-order valence-corrected chi connectivity index (χ3v) is 1.49. The zero-order valence-electron chi connectivity index (χ0n) is 4.03. The van der Waals surface area contributed by atoms with Gasteiger partial charge in [0.2, 0.25) is 0 Å². The minimum Gasteiger partial charge on any atom is -0.178 e. The molecule has 0 saturated heterocycles. The lowest BCUT2D eigenvalue weighted by molar-refractivity contribution is 0.804. The summed E-state index contributed by atoms with van der Waals surface area (Å²) < 4.78 is 0. The Morgan fingerprint density at radius 1 is 1.67 bits per heavy atom. The van der Waals surface area contributed by atoms with Crippen LogP contribution in [0.25, 0.3) is 0 Å². The molecule has 0 spiro atoms. The minimum atomic E-state index is -0.122. The van der Waals surface area contributed by atoms with Crippen molar-refractivity contribution >= 4 is 24.2 Å². The topological polar surface area (TPSA) is 0 Å². The van der Waals surface area contributed by atoms with E-state index in [1.54, 1.807) is 0 Å². The van der Waals surface area contributed by atoms with Gasteiger partial charge in [0.05, 0.1) is 0 Å². The van der Waals surface area contributed by atoms with Crippen molar-refractivity contribution in [2.75, 3.05) is 5.75 Å². The molecule has 0 N–H and O–H groups in total. The fourth-order valence-electron chi connectivity index (χ4n) is 0. The maximum atomic E-state index is 5.64. The van der Waals surface area contributed by atoms with Crippen LogP contribution in [0.1, 0.15) is 13.8 Å². The summed E-state index contributed by atoms with van der Waals surface area (Å²) in [6.45, 7) is 3.86. The Balaban J connectivity index is 3.17. The molecule has 38 valence electrons. The van der Waals surface area contributed by atoms with Crippen LogP contribution in [0.4, 0.5) is 0 Å². The van der Waals surface area contributed by atoms with E-state index < -0.39 is 0 Å². The Kier molecular flexibility index (Phi) is 2.30. The van der Waals surface area contributed by atoms with Crippen LogP contribution in [0.3, 0.4) is 0 Å². The molecule has 0 rings (SSSR count). The van der Waals surface area contributed by atoms with E-state index in [1.165, 1.54) is 0 Å². The predicted molar refractivity (Wildman–Crippen MR) is 33.8 cm³/mol. The van der Waals surface area contributed by atoms with E-state index >= 15 is 0 Å². The molecule has 0 aliphatic heterocycles. The molecule has 0 aliphatic carbocycles. The molecule has 0 aromatic rings. The quantitative estimate of drug-likeness (QED) is 0.401. The molecule has 0 heterocycles. The molecule has 2 heteroatoms. The molecule has 0 unspecified atom stereocenters. The Morgan fingerprint density at radius 2 is 1.83 bits per heavy atom. The number of hydrogen-bond donors (Lipinski definition) is 1. The molecule has 0 nitrogen and oxygen atoms in total. The number of rotatable bonds is 1. The number of thiol groups is 1. The zero-order chi connectivity index (χ0) is 5.21. The SMILES string of the molecule is CC(C)(Cl)CS.